The lowest BCUT2D eigenvalue weighted by molar-refractivity contribution is 0.494. The van der Waals surface area contributed by atoms with Gasteiger partial charge in [-0.15, -0.1) is 0 Å². The highest BCUT2D eigenvalue weighted by atomic mass is 35.5. The fourth-order valence-corrected chi connectivity index (χ4v) is 4.00. The summed E-state index contributed by atoms with van der Waals surface area (Å²) in [5, 5.41) is 4.13. The molecule has 2 fully saturated rings. The van der Waals surface area contributed by atoms with E-state index in [0.29, 0.717) is 6.04 Å². The van der Waals surface area contributed by atoms with E-state index in [2.05, 4.69) is 35.3 Å². The minimum atomic E-state index is 0.305. The highest BCUT2D eigenvalue weighted by Gasteiger charge is 2.36. The van der Waals surface area contributed by atoms with Gasteiger partial charge in [-0.05, 0) is 56.3 Å². The van der Waals surface area contributed by atoms with Crippen LogP contribution in [0.3, 0.4) is 0 Å². The van der Waals surface area contributed by atoms with Gasteiger partial charge in [-0.25, -0.2) is 0 Å². The number of anilines is 1. The number of rotatable bonds is 3. The van der Waals surface area contributed by atoms with E-state index < -0.39 is 0 Å². The molecule has 1 aromatic carbocycles. The zero-order valence-corrected chi connectivity index (χ0v) is 12.6. The van der Waals surface area contributed by atoms with Crippen molar-refractivity contribution in [3.8, 4) is 0 Å². The van der Waals surface area contributed by atoms with E-state index in [-0.39, 0.29) is 0 Å². The summed E-state index contributed by atoms with van der Waals surface area (Å²) >= 11 is 6.44. The van der Waals surface area contributed by atoms with Crippen LogP contribution in [0, 0.1) is 11.8 Å². The summed E-state index contributed by atoms with van der Waals surface area (Å²) in [5.74, 6) is 1.85. The molecule has 1 aliphatic carbocycles. The molecule has 0 spiro atoms. The Labute approximate surface area is 121 Å². The van der Waals surface area contributed by atoms with Crippen molar-refractivity contribution < 1.29 is 0 Å². The first kappa shape index (κ1) is 13.3. The van der Waals surface area contributed by atoms with Crippen molar-refractivity contribution in [1.82, 2.24) is 5.32 Å². The summed E-state index contributed by atoms with van der Waals surface area (Å²) in [6.45, 7) is 4.59. The Morgan fingerprint density at radius 3 is 2.53 bits per heavy atom. The van der Waals surface area contributed by atoms with E-state index in [1.165, 1.54) is 43.6 Å². The Morgan fingerprint density at radius 2 is 1.95 bits per heavy atom. The smallest absolute Gasteiger partial charge is 0.0474 e. The number of benzene rings is 1. The van der Waals surface area contributed by atoms with E-state index in [4.69, 9.17) is 11.6 Å². The van der Waals surface area contributed by atoms with Crippen LogP contribution in [-0.4, -0.2) is 20.1 Å². The van der Waals surface area contributed by atoms with Gasteiger partial charge in [0.15, 0.2) is 0 Å². The first-order valence-corrected chi connectivity index (χ1v) is 7.78. The molecule has 3 rings (SSSR count). The molecule has 19 heavy (non-hydrogen) atoms. The third kappa shape index (κ3) is 2.48. The summed E-state index contributed by atoms with van der Waals surface area (Å²) < 4.78 is 0. The highest BCUT2D eigenvalue weighted by Crippen LogP contribution is 2.40. The van der Waals surface area contributed by atoms with Crippen molar-refractivity contribution in [1.29, 1.82) is 0 Å². The Balaban J connectivity index is 1.77. The van der Waals surface area contributed by atoms with Gasteiger partial charge in [0.05, 0.1) is 0 Å². The number of halogens is 1. The van der Waals surface area contributed by atoms with E-state index in [9.17, 15) is 0 Å². The van der Waals surface area contributed by atoms with Gasteiger partial charge in [-0.1, -0.05) is 24.1 Å². The normalized spacial score (nSPS) is 27.6. The standard InChI is InChI=1S/C16H23ClN2/c1-11(18-2)15-7-6-14(8-16(15)17)19-9-12-4-3-5-13(12)10-19/h6-8,11-13,18H,3-5,9-10H2,1-2H3. The summed E-state index contributed by atoms with van der Waals surface area (Å²) in [7, 11) is 1.97. The molecule has 3 unspecified atom stereocenters. The van der Waals surface area contributed by atoms with Gasteiger partial charge < -0.3 is 10.2 Å². The SMILES string of the molecule is CNC(C)c1ccc(N2CC3CCCC3C2)cc1Cl. The van der Waals surface area contributed by atoms with Crippen molar-refractivity contribution in [2.75, 3.05) is 25.0 Å². The topological polar surface area (TPSA) is 15.3 Å². The second kappa shape index (κ2) is 5.34. The van der Waals surface area contributed by atoms with Crippen LogP contribution in [0.25, 0.3) is 0 Å². The van der Waals surface area contributed by atoms with E-state index in [1.54, 1.807) is 0 Å². The van der Waals surface area contributed by atoms with Gasteiger partial charge in [0.1, 0.15) is 0 Å². The quantitative estimate of drug-likeness (QED) is 0.903. The maximum atomic E-state index is 6.44. The number of hydrogen-bond donors (Lipinski definition) is 1. The monoisotopic (exact) mass is 278 g/mol. The Kier molecular flexibility index (Phi) is 3.72. The second-order valence-corrected chi connectivity index (χ2v) is 6.48. The molecule has 2 aliphatic rings. The number of fused-ring (bicyclic) bond motifs is 1. The van der Waals surface area contributed by atoms with Crippen molar-refractivity contribution in [3.63, 3.8) is 0 Å². The van der Waals surface area contributed by atoms with Crippen LogP contribution in [0.5, 0.6) is 0 Å². The fourth-order valence-electron chi connectivity index (χ4n) is 3.67. The molecule has 0 radical (unpaired) electrons. The third-order valence-corrected chi connectivity index (χ3v) is 5.30. The lowest BCUT2D eigenvalue weighted by atomic mass is 10.0. The molecular formula is C16H23ClN2. The van der Waals surface area contributed by atoms with Gasteiger partial charge >= 0.3 is 0 Å². The Hall–Kier alpha value is -0.730. The van der Waals surface area contributed by atoms with Crippen LogP contribution < -0.4 is 10.2 Å². The zero-order chi connectivity index (χ0) is 13.4. The van der Waals surface area contributed by atoms with Gasteiger partial charge in [-0.2, -0.15) is 0 Å². The first-order chi connectivity index (χ1) is 9.19. The predicted molar refractivity (Wildman–Crippen MR) is 82.0 cm³/mol. The van der Waals surface area contributed by atoms with Crippen molar-refractivity contribution in [2.24, 2.45) is 11.8 Å². The van der Waals surface area contributed by atoms with Crippen LogP contribution in [0.1, 0.15) is 37.8 Å². The van der Waals surface area contributed by atoms with Crippen LogP contribution in [0.4, 0.5) is 5.69 Å². The average molecular weight is 279 g/mol. The molecular weight excluding hydrogens is 256 g/mol. The summed E-state index contributed by atoms with van der Waals surface area (Å²) in [5.41, 5.74) is 2.48. The minimum absolute atomic E-state index is 0.305. The molecule has 1 heterocycles. The largest absolute Gasteiger partial charge is 0.371 e. The summed E-state index contributed by atoms with van der Waals surface area (Å²) in [6.07, 6.45) is 4.27. The molecule has 3 heteroatoms. The zero-order valence-electron chi connectivity index (χ0n) is 11.8. The molecule has 1 saturated heterocycles. The maximum Gasteiger partial charge on any atom is 0.0474 e. The second-order valence-electron chi connectivity index (χ2n) is 6.07. The van der Waals surface area contributed by atoms with Crippen LogP contribution in [0.15, 0.2) is 18.2 Å². The molecule has 1 aliphatic heterocycles. The minimum Gasteiger partial charge on any atom is -0.371 e. The van der Waals surface area contributed by atoms with Crippen molar-refractivity contribution in [3.05, 3.63) is 28.8 Å². The molecule has 2 nitrogen and oxygen atoms in total. The third-order valence-electron chi connectivity index (χ3n) is 4.97. The van der Waals surface area contributed by atoms with Gasteiger partial charge in [0.2, 0.25) is 0 Å². The number of hydrogen-bond acceptors (Lipinski definition) is 2. The predicted octanol–water partition coefficient (Wildman–Crippen LogP) is 3.86. The molecule has 1 aromatic rings. The van der Waals surface area contributed by atoms with Crippen LogP contribution in [0.2, 0.25) is 5.02 Å². The maximum absolute atomic E-state index is 6.44. The fraction of sp³-hybridized carbons (Fsp3) is 0.625. The van der Waals surface area contributed by atoms with E-state index >= 15 is 0 Å². The first-order valence-electron chi connectivity index (χ1n) is 7.40. The lowest BCUT2D eigenvalue weighted by Gasteiger charge is -2.21. The molecule has 0 aromatic heterocycles. The highest BCUT2D eigenvalue weighted by molar-refractivity contribution is 6.31. The molecule has 3 atom stereocenters. The van der Waals surface area contributed by atoms with Gasteiger partial charge in [-0.3, -0.25) is 0 Å². The van der Waals surface area contributed by atoms with E-state index in [1.807, 2.05) is 7.05 Å². The molecule has 104 valence electrons. The van der Waals surface area contributed by atoms with Crippen LogP contribution in [-0.2, 0) is 0 Å². The van der Waals surface area contributed by atoms with E-state index in [0.717, 1.165) is 16.9 Å². The Bertz CT molecular complexity index is 448. The molecule has 0 amide bonds. The molecule has 1 N–H and O–H groups in total. The molecule has 0 bridgehead atoms. The Morgan fingerprint density at radius 1 is 1.26 bits per heavy atom. The van der Waals surface area contributed by atoms with Gasteiger partial charge in [0, 0.05) is 29.8 Å². The van der Waals surface area contributed by atoms with Crippen molar-refractivity contribution in [2.45, 2.75) is 32.2 Å². The van der Waals surface area contributed by atoms with Gasteiger partial charge in [0.25, 0.3) is 0 Å². The number of nitrogens with zero attached hydrogens (tertiary/aromatic N) is 1. The molecule has 1 saturated carbocycles. The van der Waals surface area contributed by atoms with Crippen molar-refractivity contribution >= 4 is 17.3 Å². The summed E-state index contributed by atoms with van der Waals surface area (Å²) in [6, 6.07) is 6.86. The lowest BCUT2D eigenvalue weighted by Crippen LogP contribution is -2.21. The average Bonchev–Trinajstić information content (AvgIpc) is 2.98. The number of nitrogens with one attached hydrogen (secondary N) is 1. The summed E-state index contributed by atoms with van der Waals surface area (Å²) in [4.78, 5) is 2.52. The van der Waals surface area contributed by atoms with Crippen LogP contribution >= 0.6 is 11.6 Å².